The summed E-state index contributed by atoms with van der Waals surface area (Å²) in [7, 11) is 0. The van der Waals surface area contributed by atoms with Crippen molar-refractivity contribution in [1.29, 1.82) is 0 Å². The summed E-state index contributed by atoms with van der Waals surface area (Å²) in [6.45, 7) is 1.99. The van der Waals surface area contributed by atoms with Crippen LogP contribution in [0.2, 0.25) is 0 Å². The Morgan fingerprint density at radius 3 is 2.15 bits per heavy atom. The van der Waals surface area contributed by atoms with Crippen molar-refractivity contribution in [2.45, 2.75) is 38.6 Å². The van der Waals surface area contributed by atoms with Gasteiger partial charge in [-0.3, -0.25) is 19.4 Å². The molecule has 1 heterocycles. The van der Waals surface area contributed by atoms with Crippen LogP contribution >= 0.6 is 0 Å². The van der Waals surface area contributed by atoms with Gasteiger partial charge < -0.3 is 15.4 Å². The lowest BCUT2D eigenvalue weighted by atomic mass is 10.0. The minimum Gasteiger partial charge on any atom is -0.364 e. The molecular weight excluding hydrogens is 418 g/mol. The predicted octanol–water partition coefficient (Wildman–Crippen LogP) is 2.60. The Bertz CT molecular complexity index is 1040. The second kappa shape index (κ2) is 12.3. The number of nitrogens with one attached hydrogen (secondary N) is 2. The van der Waals surface area contributed by atoms with Gasteiger partial charge in [-0.2, -0.15) is 0 Å². The van der Waals surface area contributed by atoms with Gasteiger partial charge in [0.15, 0.2) is 0 Å². The smallest absolute Gasteiger partial charge is 0.289 e. The van der Waals surface area contributed by atoms with Gasteiger partial charge in [-0.25, -0.2) is 0 Å². The van der Waals surface area contributed by atoms with E-state index in [1.807, 2.05) is 60.7 Å². The third-order valence-corrected chi connectivity index (χ3v) is 5.01. The number of benzene rings is 2. The molecule has 0 unspecified atom stereocenters. The van der Waals surface area contributed by atoms with Crippen LogP contribution in [0.5, 0.6) is 0 Å². The number of hydrogen-bond donors (Lipinski definition) is 2. The summed E-state index contributed by atoms with van der Waals surface area (Å²) < 4.78 is 5.65. The standard InChI is InChI=1S/C26H27N3O4/c1-19(33-18-21-12-6-3-7-13-21)25(31)29-23(16-20-10-4-2-5-11-20)24(30)26(32)28-17-22-14-8-9-15-27-22/h2-15,19,23H,16-18H2,1H3,(H,28,32)(H,29,31)/t19-,23+/m0/s1. The molecule has 3 rings (SSSR count). The number of Topliss-reactive ketones (excluding diaryl/α,β-unsaturated/α-hetero) is 1. The van der Waals surface area contributed by atoms with Crippen molar-refractivity contribution in [2.75, 3.05) is 0 Å². The molecule has 3 aromatic rings. The van der Waals surface area contributed by atoms with E-state index in [1.165, 1.54) is 0 Å². The number of ether oxygens (including phenoxy) is 1. The van der Waals surface area contributed by atoms with Crippen LogP contribution in [0.15, 0.2) is 85.1 Å². The number of nitrogens with zero attached hydrogens (tertiary/aromatic N) is 1. The van der Waals surface area contributed by atoms with Gasteiger partial charge >= 0.3 is 0 Å². The van der Waals surface area contributed by atoms with Gasteiger partial charge in [-0.1, -0.05) is 66.7 Å². The zero-order valence-electron chi connectivity index (χ0n) is 18.4. The third kappa shape index (κ3) is 7.66. The first kappa shape index (κ1) is 23.8. The summed E-state index contributed by atoms with van der Waals surface area (Å²) >= 11 is 0. The largest absolute Gasteiger partial charge is 0.364 e. The van der Waals surface area contributed by atoms with E-state index < -0.39 is 29.7 Å². The molecule has 0 bridgehead atoms. The molecule has 170 valence electrons. The molecule has 7 heteroatoms. The molecule has 0 aliphatic heterocycles. The molecule has 2 aromatic carbocycles. The summed E-state index contributed by atoms with van der Waals surface area (Å²) in [5, 5.41) is 5.27. The summed E-state index contributed by atoms with van der Waals surface area (Å²) in [5.41, 5.74) is 2.39. The number of aromatic nitrogens is 1. The fraction of sp³-hybridized carbons (Fsp3) is 0.231. The molecule has 0 aliphatic rings. The maximum Gasteiger partial charge on any atom is 0.289 e. The molecule has 7 nitrogen and oxygen atoms in total. The zero-order valence-corrected chi connectivity index (χ0v) is 18.4. The topological polar surface area (TPSA) is 97.4 Å². The Morgan fingerprint density at radius 1 is 0.879 bits per heavy atom. The Hall–Kier alpha value is -3.84. The molecule has 2 N–H and O–H groups in total. The van der Waals surface area contributed by atoms with E-state index in [2.05, 4.69) is 15.6 Å². The second-order valence-electron chi connectivity index (χ2n) is 7.56. The van der Waals surface area contributed by atoms with Crippen molar-refractivity contribution < 1.29 is 19.1 Å². The Kier molecular flexibility index (Phi) is 8.85. The number of hydrogen-bond acceptors (Lipinski definition) is 5. The fourth-order valence-electron chi connectivity index (χ4n) is 3.14. The van der Waals surface area contributed by atoms with Crippen molar-refractivity contribution >= 4 is 17.6 Å². The van der Waals surface area contributed by atoms with Crippen LogP contribution in [0.3, 0.4) is 0 Å². The van der Waals surface area contributed by atoms with Crippen LogP contribution < -0.4 is 10.6 Å². The molecule has 0 radical (unpaired) electrons. The SMILES string of the molecule is C[C@H](OCc1ccccc1)C(=O)N[C@H](Cc1ccccc1)C(=O)C(=O)NCc1ccccn1. The van der Waals surface area contributed by atoms with Crippen LogP contribution in [-0.4, -0.2) is 34.7 Å². The van der Waals surface area contributed by atoms with Crippen LogP contribution in [0.4, 0.5) is 0 Å². The highest BCUT2D eigenvalue weighted by atomic mass is 16.5. The number of carbonyl (C=O) groups excluding carboxylic acids is 3. The molecule has 2 amide bonds. The molecule has 2 atom stereocenters. The molecule has 0 fully saturated rings. The van der Waals surface area contributed by atoms with Crippen molar-refractivity contribution in [3.63, 3.8) is 0 Å². The molecule has 1 aromatic heterocycles. The zero-order chi connectivity index (χ0) is 23.5. The van der Waals surface area contributed by atoms with Crippen LogP contribution in [0.25, 0.3) is 0 Å². The van der Waals surface area contributed by atoms with Crippen molar-refractivity contribution in [2.24, 2.45) is 0 Å². The highest BCUT2D eigenvalue weighted by Gasteiger charge is 2.29. The van der Waals surface area contributed by atoms with E-state index in [0.29, 0.717) is 5.69 Å². The van der Waals surface area contributed by atoms with Crippen LogP contribution in [0.1, 0.15) is 23.7 Å². The lowest BCUT2D eigenvalue weighted by Crippen LogP contribution is -2.51. The highest BCUT2D eigenvalue weighted by Crippen LogP contribution is 2.07. The maximum atomic E-state index is 12.9. The first-order valence-corrected chi connectivity index (χ1v) is 10.7. The van der Waals surface area contributed by atoms with E-state index in [1.54, 1.807) is 31.3 Å². The van der Waals surface area contributed by atoms with E-state index in [0.717, 1.165) is 11.1 Å². The average molecular weight is 446 g/mol. The van der Waals surface area contributed by atoms with Crippen LogP contribution in [-0.2, 0) is 38.7 Å². The average Bonchev–Trinajstić information content (AvgIpc) is 2.86. The number of carbonyl (C=O) groups is 3. The lowest BCUT2D eigenvalue weighted by molar-refractivity contribution is -0.141. The fourth-order valence-corrected chi connectivity index (χ4v) is 3.14. The molecule has 0 spiro atoms. The summed E-state index contributed by atoms with van der Waals surface area (Å²) in [6.07, 6.45) is 1.000. The van der Waals surface area contributed by atoms with Crippen molar-refractivity contribution in [3.8, 4) is 0 Å². The minimum absolute atomic E-state index is 0.119. The number of rotatable bonds is 11. The van der Waals surface area contributed by atoms with Crippen molar-refractivity contribution in [3.05, 3.63) is 102 Å². The summed E-state index contributed by atoms with van der Waals surface area (Å²) in [6, 6.07) is 23.0. The third-order valence-electron chi connectivity index (χ3n) is 5.01. The van der Waals surface area contributed by atoms with E-state index in [4.69, 9.17) is 4.74 Å². The summed E-state index contributed by atoms with van der Waals surface area (Å²) in [5.74, 6) is -1.96. The second-order valence-corrected chi connectivity index (χ2v) is 7.56. The molecular formula is C26H27N3O4. The highest BCUT2D eigenvalue weighted by molar-refractivity contribution is 6.38. The minimum atomic E-state index is -1.02. The summed E-state index contributed by atoms with van der Waals surface area (Å²) in [4.78, 5) is 42.3. The lowest BCUT2D eigenvalue weighted by Gasteiger charge is -2.20. The monoisotopic (exact) mass is 445 g/mol. The molecule has 0 saturated carbocycles. The van der Waals surface area contributed by atoms with Gasteiger partial charge in [0, 0.05) is 12.6 Å². The van der Waals surface area contributed by atoms with Gasteiger partial charge in [0.25, 0.3) is 5.91 Å². The Morgan fingerprint density at radius 2 is 1.52 bits per heavy atom. The number of amides is 2. The quantitative estimate of drug-likeness (QED) is 0.442. The number of pyridine rings is 1. The normalized spacial score (nSPS) is 12.4. The van der Waals surface area contributed by atoms with Gasteiger partial charge in [-0.05, 0) is 30.2 Å². The molecule has 0 saturated heterocycles. The Balaban J connectivity index is 1.63. The van der Waals surface area contributed by atoms with Gasteiger partial charge in [-0.15, -0.1) is 0 Å². The Labute approximate surface area is 193 Å². The van der Waals surface area contributed by atoms with E-state index in [-0.39, 0.29) is 19.6 Å². The van der Waals surface area contributed by atoms with Gasteiger partial charge in [0.1, 0.15) is 12.1 Å². The van der Waals surface area contributed by atoms with E-state index in [9.17, 15) is 14.4 Å². The number of ketones is 1. The molecule has 0 aliphatic carbocycles. The van der Waals surface area contributed by atoms with Gasteiger partial charge in [0.05, 0.1) is 18.8 Å². The van der Waals surface area contributed by atoms with E-state index >= 15 is 0 Å². The van der Waals surface area contributed by atoms with Gasteiger partial charge in [0.2, 0.25) is 11.7 Å². The van der Waals surface area contributed by atoms with Crippen molar-refractivity contribution in [1.82, 2.24) is 15.6 Å². The maximum absolute atomic E-state index is 12.9. The first-order valence-electron chi connectivity index (χ1n) is 10.7. The molecule has 33 heavy (non-hydrogen) atoms. The first-order chi connectivity index (χ1) is 16.0. The predicted molar refractivity (Wildman–Crippen MR) is 124 cm³/mol. The van der Waals surface area contributed by atoms with Crippen LogP contribution in [0, 0.1) is 0 Å².